The fraction of sp³-hybridized carbons (Fsp3) is 0.303. The molecular weight excluding hydrogens is 705 g/mol. The number of aliphatic carboxylic acids is 1. The molecule has 1 saturated heterocycles. The molecule has 0 spiro atoms. The van der Waals surface area contributed by atoms with Gasteiger partial charge in [0.2, 0.25) is 5.91 Å². The van der Waals surface area contributed by atoms with Crippen LogP contribution in [0, 0.1) is 11.7 Å². The standard InChI is InChI=1S/C33H30F4N4O7S2/c1-32(2,3)27-11-10-26(49-27)29(42)40-25(30(43)41-16-21(17-41)31(44)45)12-18-4-6-19(7-5-18)28-38-14-20(15-39-28)23-9-8-22(13-24(23)34)48-50(46,47)33(35,36)37/h4-11,13-15,21,25H,12,16-17H2,1-3H3,(H,40,42)(H,44,45)/t25-/m0/s1. The average Bonchev–Trinajstić information content (AvgIpc) is 3.51. The van der Waals surface area contributed by atoms with Crippen LogP contribution in [-0.2, 0) is 31.5 Å². The summed E-state index contributed by atoms with van der Waals surface area (Å²) >= 11 is 1.33. The highest BCUT2D eigenvalue weighted by molar-refractivity contribution is 7.88. The number of nitrogens with zero attached hydrogens (tertiary/aromatic N) is 3. The molecule has 0 radical (unpaired) electrons. The van der Waals surface area contributed by atoms with Gasteiger partial charge in [0.1, 0.15) is 17.6 Å². The van der Waals surface area contributed by atoms with Gasteiger partial charge in [0.05, 0.1) is 10.8 Å². The van der Waals surface area contributed by atoms with Gasteiger partial charge in [-0.05, 0) is 35.2 Å². The van der Waals surface area contributed by atoms with Crippen LogP contribution in [0.5, 0.6) is 5.75 Å². The number of likely N-dealkylation sites (tertiary alicyclic amines) is 1. The molecule has 1 atom stereocenters. The van der Waals surface area contributed by atoms with E-state index in [0.717, 1.165) is 17.0 Å². The van der Waals surface area contributed by atoms with Gasteiger partial charge in [-0.15, -0.1) is 11.3 Å². The van der Waals surface area contributed by atoms with Gasteiger partial charge < -0.3 is 19.5 Å². The minimum atomic E-state index is -5.97. The smallest absolute Gasteiger partial charge is 0.481 e. The van der Waals surface area contributed by atoms with E-state index in [0.29, 0.717) is 22.1 Å². The molecule has 1 fully saturated rings. The Bertz CT molecular complexity index is 2020. The van der Waals surface area contributed by atoms with E-state index in [1.54, 1.807) is 30.3 Å². The molecule has 2 amide bonds. The molecule has 4 aromatic rings. The van der Waals surface area contributed by atoms with Crippen molar-refractivity contribution in [1.82, 2.24) is 20.2 Å². The molecule has 0 aliphatic carbocycles. The van der Waals surface area contributed by atoms with Gasteiger partial charge in [0, 0.05) is 59.5 Å². The quantitative estimate of drug-likeness (QED) is 0.123. The molecule has 1 aliphatic rings. The zero-order valence-electron chi connectivity index (χ0n) is 26.7. The van der Waals surface area contributed by atoms with E-state index in [4.69, 9.17) is 0 Å². The third-order valence-corrected chi connectivity index (χ3v) is 10.2. The van der Waals surface area contributed by atoms with Gasteiger partial charge in [0.15, 0.2) is 5.82 Å². The summed E-state index contributed by atoms with van der Waals surface area (Å²) < 4.78 is 78.9. The fourth-order valence-electron chi connectivity index (χ4n) is 4.93. The van der Waals surface area contributed by atoms with Gasteiger partial charge in [-0.2, -0.15) is 21.6 Å². The van der Waals surface area contributed by atoms with Crippen molar-refractivity contribution in [3.05, 3.63) is 88.1 Å². The molecule has 264 valence electrons. The molecule has 0 saturated carbocycles. The van der Waals surface area contributed by atoms with Gasteiger partial charge in [-0.1, -0.05) is 45.0 Å². The van der Waals surface area contributed by atoms with Crippen molar-refractivity contribution in [3.63, 3.8) is 0 Å². The second-order valence-corrected chi connectivity index (χ2v) is 15.2. The van der Waals surface area contributed by atoms with E-state index in [1.165, 1.54) is 28.6 Å². The summed E-state index contributed by atoms with van der Waals surface area (Å²) in [5.41, 5.74) is -4.58. The summed E-state index contributed by atoms with van der Waals surface area (Å²) in [7, 11) is -5.97. The van der Waals surface area contributed by atoms with Crippen molar-refractivity contribution < 1.29 is 49.7 Å². The maximum absolute atomic E-state index is 14.7. The number of halogens is 4. The Morgan fingerprint density at radius 2 is 1.64 bits per heavy atom. The Morgan fingerprint density at radius 3 is 2.18 bits per heavy atom. The molecule has 17 heteroatoms. The first kappa shape index (κ1) is 36.4. The lowest BCUT2D eigenvalue weighted by atomic mass is 9.95. The predicted molar refractivity (Wildman–Crippen MR) is 174 cm³/mol. The second kappa shape index (κ2) is 13.8. The monoisotopic (exact) mass is 734 g/mol. The number of alkyl halides is 3. The minimum absolute atomic E-state index is 0.0434. The van der Waals surface area contributed by atoms with E-state index in [2.05, 4.69) is 19.5 Å². The largest absolute Gasteiger partial charge is 0.534 e. The summed E-state index contributed by atoms with van der Waals surface area (Å²) in [5, 5.41) is 12.1. The number of nitrogens with one attached hydrogen (secondary N) is 1. The molecule has 2 N–H and O–H groups in total. The van der Waals surface area contributed by atoms with E-state index < -0.39 is 56.9 Å². The van der Waals surface area contributed by atoms with Crippen LogP contribution in [0.3, 0.4) is 0 Å². The molecule has 2 aromatic carbocycles. The van der Waals surface area contributed by atoms with Crippen LogP contribution in [0.2, 0.25) is 0 Å². The van der Waals surface area contributed by atoms with Gasteiger partial charge in [-0.3, -0.25) is 14.4 Å². The van der Waals surface area contributed by atoms with Crippen LogP contribution < -0.4 is 9.50 Å². The Balaban J connectivity index is 1.29. The summed E-state index contributed by atoms with van der Waals surface area (Å²) in [6.07, 6.45) is 2.66. The number of hydrogen-bond donors (Lipinski definition) is 2. The highest BCUT2D eigenvalue weighted by Crippen LogP contribution is 2.32. The lowest BCUT2D eigenvalue weighted by Gasteiger charge is -2.38. The third kappa shape index (κ3) is 8.10. The first-order chi connectivity index (χ1) is 23.3. The van der Waals surface area contributed by atoms with Crippen LogP contribution in [-0.4, -0.2) is 70.8 Å². The number of amides is 2. The average molecular weight is 735 g/mol. The third-order valence-electron chi connectivity index (χ3n) is 7.76. The highest BCUT2D eigenvalue weighted by atomic mass is 32.2. The molecule has 1 aliphatic heterocycles. The Morgan fingerprint density at radius 1 is 1.00 bits per heavy atom. The Hall–Kier alpha value is -4.90. The van der Waals surface area contributed by atoms with E-state index in [-0.39, 0.29) is 41.9 Å². The number of rotatable bonds is 10. The van der Waals surface area contributed by atoms with Crippen molar-refractivity contribution in [2.24, 2.45) is 5.92 Å². The Kier molecular flexibility index (Phi) is 10.0. The van der Waals surface area contributed by atoms with Crippen LogP contribution in [0.25, 0.3) is 22.5 Å². The molecule has 0 unspecified atom stereocenters. The summed E-state index contributed by atoms with van der Waals surface area (Å²) in [4.78, 5) is 49.2. The Labute approximate surface area is 288 Å². The summed E-state index contributed by atoms with van der Waals surface area (Å²) in [6.45, 7) is 6.16. The number of aromatic nitrogens is 2. The normalized spacial score (nSPS) is 14.5. The van der Waals surface area contributed by atoms with E-state index in [9.17, 15) is 45.5 Å². The van der Waals surface area contributed by atoms with Gasteiger partial charge in [-0.25, -0.2) is 14.4 Å². The zero-order chi connectivity index (χ0) is 36.6. The number of hydrogen-bond acceptors (Lipinski definition) is 9. The zero-order valence-corrected chi connectivity index (χ0v) is 28.3. The lowest BCUT2D eigenvalue weighted by molar-refractivity contribution is -0.153. The summed E-state index contributed by atoms with van der Waals surface area (Å²) in [5.74, 6) is -4.18. The molecule has 50 heavy (non-hydrogen) atoms. The first-order valence-corrected chi connectivity index (χ1v) is 17.2. The molecular formula is C33H30F4N4O7S2. The SMILES string of the molecule is CC(C)(C)c1ccc(C(=O)N[C@@H](Cc2ccc(-c3ncc(-c4ccc(OS(=O)(=O)C(F)(F)F)cc4F)cn3)cc2)C(=O)N2CC(C(=O)O)C2)s1. The maximum atomic E-state index is 14.7. The van der Waals surface area contributed by atoms with Crippen LogP contribution in [0.15, 0.2) is 67.0 Å². The molecule has 0 bridgehead atoms. The fourth-order valence-corrected chi connectivity index (χ4v) is 6.34. The van der Waals surface area contributed by atoms with Crippen molar-refractivity contribution in [3.8, 4) is 28.3 Å². The lowest BCUT2D eigenvalue weighted by Crippen LogP contribution is -2.59. The number of carboxylic acids is 1. The number of carboxylic acid groups (broad SMARTS) is 1. The van der Waals surface area contributed by atoms with Crippen molar-refractivity contribution >= 4 is 39.2 Å². The van der Waals surface area contributed by atoms with Crippen LogP contribution >= 0.6 is 11.3 Å². The molecule has 2 aromatic heterocycles. The highest BCUT2D eigenvalue weighted by Gasteiger charge is 2.48. The number of carbonyl (C=O) groups is 3. The topological polar surface area (TPSA) is 156 Å². The second-order valence-electron chi connectivity index (χ2n) is 12.5. The van der Waals surface area contributed by atoms with Gasteiger partial charge in [0.25, 0.3) is 5.91 Å². The first-order valence-electron chi connectivity index (χ1n) is 15.0. The predicted octanol–water partition coefficient (Wildman–Crippen LogP) is 5.42. The summed E-state index contributed by atoms with van der Waals surface area (Å²) in [6, 6.07) is 11.8. The van der Waals surface area contributed by atoms with Gasteiger partial charge >= 0.3 is 21.6 Å². The number of carbonyl (C=O) groups excluding carboxylic acids is 2. The van der Waals surface area contributed by atoms with Crippen molar-refractivity contribution in [2.45, 2.75) is 44.2 Å². The van der Waals surface area contributed by atoms with Crippen molar-refractivity contribution in [1.29, 1.82) is 0 Å². The molecule has 11 nitrogen and oxygen atoms in total. The molecule has 5 rings (SSSR count). The van der Waals surface area contributed by atoms with E-state index >= 15 is 0 Å². The van der Waals surface area contributed by atoms with Crippen molar-refractivity contribution in [2.75, 3.05) is 13.1 Å². The number of benzene rings is 2. The maximum Gasteiger partial charge on any atom is 0.534 e. The van der Waals surface area contributed by atoms with E-state index in [1.807, 2.05) is 26.8 Å². The van der Waals surface area contributed by atoms with Crippen LogP contribution in [0.1, 0.15) is 40.9 Å². The minimum Gasteiger partial charge on any atom is -0.481 e. The van der Waals surface area contributed by atoms with Crippen LogP contribution in [0.4, 0.5) is 17.6 Å². The number of thiophene rings is 1. The molecule has 3 heterocycles.